The van der Waals surface area contributed by atoms with Crippen molar-refractivity contribution in [2.75, 3.05) is 7.11 Å². The fraction of sp³-hybridized carbons (Fsp3) is 0.250. The largest absolute Gasteiger partial charge is 0.497 e. The molecule has 5 rings (SSSR count). The highest BCUT2D eigenvalue weighted by atomic mass is 16.5. The zero-order valence-electron chi connectivity index (χ0n) is 17.8. The average molecular weight is 432 g/mol. The molecule has 0 fully saturated rings. The maximum atomic E-state index is 13.0. The zero-order chi connectivity index (χ0) is 22.4. The second-order valence-corrected chi connectivity index (χ2v) is 8.00. The molecule has 164 valence electrons. The van der Waals surface area contributed by atoms with E-state index in [1.807, 2.05) is 18.2 Å². The summed E-state index contributed by atoms with van der Waals surface area (Å²) in [5.41, 5.74) is 2.13. The Morgan fingerprint density at radius 1 is 1.09 bits per heavy atom. The number of hydrogen-bond donors (Lipinski definition) is 4. The van der Waals surface area contributed by atoms with Gasteiger partial charge in [-0.15, -0.1) is 0 Å². The summed E-state index contributed by atoms with van der Waals surface area (Å²) in [5.74, 6) is 0.233. The molecule has 3 heterocycles. The van der Waals surface area contributed by atoms with Gasteiger partial charge in [0.15, 0.2) is 0 Å². The Morgan fingerprint density at radius 3 is 2.56 bits per heavy atom. The predicted octanol–water partition coefficient (Wildman–Crippen LogP) is 2.73. The minimum atomic E-state index is -0.707. The van der Waals surface area contributed by atoms with Crippen LogP contribution in [0.2, 0.25) is 0 Å². The predicted molar refractivity (Wildman–Crippen MR) is 122 cm³/mol. The van der Waals surface area contributed by atoms with Gasteiger partial charge in [0, 0.05) is 22.6 Å². The third kappa shape index (κ3) is 3.11. The van der Waals surface area contributed by atoms with Crippen LogP contribution >= 0.6 is 0 Å². The van der Waals surface area contributed by atoms with Gasteiger partial charge in [0.25, 0.3) is 5.56 Å². The molecule has 0 saturated carbocycles. The molecule has 0 amide bonds. The topological polar surface area (TPSA) is 112 Å². The number of hydrogen-bond acceptors (Lipinski definition) is 5. The fourth-order valence-electron chi connectivity index (χ4n) is 4.57. The number of ether oxygens (including phenoxy) is 1. The summed E-state index contributed by atoms with van der Waals surface area (Å²) < 4.78 is 6.28. The fourth-order valence-corrected chi connectivity index (χ4v) is 4.57. The van der Waals surface area contributed by atoms with E-state index < -0.39 is 17.3 Å². The molecule has 8 heteroatoms. The maximum absolute atomic E-state index is 13.0. The first-order valence-electron chi connectivity index (χ1n) is 10.6. The summed E-state index contributed by atoms with van der Waals surface area (Å²) in [6, 6.07) is 14.2. The number of nitrogens with one attached hydrogen (secondary N) is 3. The molecular formula is C24H24N4O4. The Kier molecular flexibility index (Phi) is 4.86. The third-order valence-electron chi connectivity index (χ3n) is 6.22. The second-order valence-electron chi connectivity index (χ2n) is 8.00. The van der Waals surface area contributed by atoms with Gasteiger partial charge in [-0.1, -0.05) is 25.1 Å². The van der Waals surface area contributed by atoms with Crippen LogP contribution in [0.4, 0.5) is 0 Å². The molecule has 8 nitrogen and oxygen atoms in total. The summed E-state index contributed by atoms with van der Waals surface area (Å²) in [6.45, 7) is 2.08. The van der Waals surface area contributed by atoms with Crippen LogP contribution in [0.5, 0.6) is 11.6 Å². The first-order valence-corrected chi connectivity index (χ1v) is 10.6. The summed E-state index contributed by atoms with van der Waals surface area (Å²) in [4.78, 5) is 31.4. The van der Waals surface area contributed by atoms with Crippen molar-refractivity contribution < 1.29 is 9.84 Å². The lowest BCUT2D eigenvalue weighted by atomic mass is 9.90. The Hall–Kier alpha value is -3.78. The highest BCUT2D eigenvalue weighted by molar-refractivity contribution is 5.85. The molecule has 32 heavy (non-hydrogen) atoms. The molecule has 0 spiro atoms. The van der Waals surface area contributed by atoms with Gasteiger partial charge < -0.3 is 20.1 Å². The lowest BCUT2D eigenvalue weighted by Gasteiger charge is -2.31. The number of rotatable bonds is 4. The van der Waals surface area contributed by atoms with E-state index in [1.165, 1.54) is 0 Å². The molecule has 1 aliphatic heterocycles. The van der Waals surface area contributed by atoms with E-state index in [0.717, 1.165) is 39.6 Å². The summed E-state index contributed by atoms with van der Waals surface area (Å²) in [5, 5.41) is 15.8. The SMILES string of the molecule is CC[C@@H]1Cc2c([nH]c3ccccc23)[C@H](c2c(O)n(-c3ccc(OC)cc3)c(=O)[nH]c2=O)N1. The van der Waals surface area contributed by atoms with Gasteiger partial charge in [-0.05, 0) is 48.7 Å². The molecule has 0 aliphatic carbocycles. The van der Waals surface area contributed by atoms with E-state index in [0.29, 0.717) is 11.4 Å². The van der Waals surface area contributed by atoms with Crippen molar-refractivity contribution in [3.63, 3.8) is 0 Å². The van der Waals surface area contributed by atoms with Crippen LogP contribution in [0.1, 0.15) is 36.2 Å². The molecule has 2 aromatic heterocycles. The number of aromatic hydroxyl groups is 1. The number of aromatic nitrogens is 3. The Morgan fingerprint density at radius 2 is 1.84 bits per heavy atom. The average Bonchev–Trinajstić information content (AvgIpc) is 3.18. The first kappa shape index (κ1) is 20.1. The van der Waals surface area contributed by atoms with Gasteiger partial charge >= 0.3 is 5.69 Å². The van der Waals surface area contributed by atoms with Crippen LogP contribution < -0.4 is 21.3 Å². The van der Waals surface area contributed by atoms with Crippen molar-refractivity contribution in [3.8, 4) is 17.3 Å². The van der Waals surface area contributed by atoms with E-state index in [9.17, 15) is 14.7 Å². The van der Waals surface area contributed by atoms with Gasteiger partial charge in [0.05, 0.1) is 18.8 Å². The number of fused-ring (bicyclic) bond motifs is 3. The van der Waals surface area contributed by atoms with E-state index in [-0.39, 0.29) is 17.5 Å². The zero-order valence-corrected chi connectivity index (χ0v) is 17.8. The van der Waals surface area contributed by atoms with Crippen molar-refractivity contribution in [2.24, 2.45) is 0 Å². The Labute approximate surface area is 183 Å². The van der Waals surface area contributed by atoms with Gasteiger partial charge in [-0.25, -0.2) is 9.36 Å². The summed E-state index contributed by atoms with van der Waals surface area (Å²) >= 11 is 0. The van der Waals surface area contributed by atoms with Gasteiger partial charge in [-0.3, -0.25) is 9.78 Å². The molecule has 2 aromatic carbocycles. The van der Waals surface area contributed by atoms with E-state index in [2.05, 4.69) is 28.3 Å². The van der Waals surface area contributed by atoms with Gasteiger partial charge in [0.1, 0.15) is 11.3 Å². The summed E-state index contributed by atoms with van der Waals surface area (Å²) in [7, 11) is 1.55. The van der Waals surface area contributed by atoms with Crippen molar-refractivity contribution in [1.82, 2.24) is 19.9 Å². The van der Waals surface area contributed by atoms with E-state index >= 15 is 0 Å². The quantitative estimate of drug-likeness (QED) is 0.396. The van der Waals surface area contributed by atoms with Gasteiger partial charge in [-0.2, -0.15) is 0 Å². The van der Waals surface area contributed by atoms with Crippen molar-refractivity contribution in [1.29, 1.82) is 0 Å². The minimum absolute atomic E-state index is 0.103. The van der Waals surface area contributed by atoms with Crippen molar-refractivity contribution in [3.05, 3.63) is 86.2 Å². The van der Waals surface area contributed by atoms with Crippen LogP contribution in [0.3, 0.4) is 0 Å². The molecular weight excluding hydrogens is 408 g/mol. The Bertz CT molecular complexity index is 1410. The molecule has 0 unspecified atom stereocenters. The van der Waals surface area contributed by atoms with Crippen LogP contribution in [0.25, 0.3) is 16.6 Å². The number of para-hydroxylation sites is 1. The molecule has 2 atom stereocenters. The lowest BCUT2D eigenvalue weighted by molar-refractivity contribution is 0.384. The molecule has 0 bridgehead atoms. The van der Waals surface area contributed by atoms with Crippen LogP contribution in [-0.2, 0) is 6.42 Å². The Balaban J connectivity index is 1.73. The molecule has 0 saturated heterocycles. The minimum Gasteiger partial charge on any atom is -0.497 e. The number of methoxy groups -OCH3 is 1. The van der Waals surface area contributed by atoms with Gasteiger partial charge in [0.2, 0.25) is 5.88 Å². The number of nitrogens with zero attached hydrogens (tertiary/aromatic N) is 1. The smallest absolute Gasteiger partial charge is 0.335 e. The highest BCUT2D eigenvalue weighted by Crippen LogP contribution is 2.37. The number of aromatic amines is 2. The van der Waals surface area contributed by atoms with E-state index in [1.54, 1.807) is 31.4 Å². The molecule has 4 N–H and O–H groups in total. The second kappa shape index (κ2) is 7.72. The van der Waals surface area contributed by atoms with Crippen LogP contribution in [0, 0.1) is 0 Å². The molecule has 1 aliphatic rings. The van der Waals surface area contributed by atoms with Crippen LogP contribution in [0.15, 0.2) is 58.1 Å². The third-order valence-corrected chi connectivity index (χ3v) is 6.22. The molecule has 0 radical (unpaired) electrons. The normalized spacial score (nSPS) is 17.9. The maximum Gasteiger partial charge on any atom is 0.335 e. The van der Waals surface area contributed by atoms with Crippen LogP contribution in [-0.4, -0.2) is 32.8 Å². The molecule has 4 aromatic rings. The first-order chi connectivity index (χ1) is 15.5. The number of H-pyrrole nitrogens is 2. The monoisotopic (exact) mass is 432 g/mol. The van der Waals surface area contributed by atoms with E-state index in [4.69, 9.17) is 4.74 Å². The lowest BCUT2D eigenvalue weighted by Crippen LogP contribution is -2.43. The van der Waals surface area contributed by atoms with Crippen molar-refractivity contribution >= 4 is 10.9 Å². The highest BCUT2D eigenvalue weighted by Gasteiger charge is 2.34. The standard InChI is InChI=1S/C24H24N4O4/c1-3-13-12-17-16-6-4-5-7-18(16)26-20(17)21(25-13)19-22(29)27-24(31)28(23(19)30)14-8-10-15(32-2)11-9-14/h4-11,13,21,25-26,30H,3,12H2,1-2H3,(H,27,29,31)/t13-,21+/m1/s1. The summed E-state index contributed by atoms with van der Waals surface area (Å²) in [6.07, 6.45) is 1.66. The number of benzene rings is 2. The van der Waals surface area contributed by atoms with Crippen molar-refractivity contribution in [2.45, 2.75) is 31.8 Å².